The van der Waals surface area contributed by atoms with Crippen LogP contribution in [0.1, 0.15) is 49.7 Å². The molecule has 6 atom stereocenters. The number of aliphatic carboxylic acids is 2. The Labute approximate surface area is 486 Å². The fourth-order valence-corrected chi connectivity index (χ4v) is 13.4. The number of allylic oxidation sites excluding steroid dienone is 4. The fourth-order valence-electron chi connectivity index (χ4n) is 13.4. The standard InChI is InChI=1S/C68H60N8O8/c77-63(78)61-59-39-37-55(43-69(61)65(81)71(49-23-5-1-6-24-49)50-25-7-2-8-26-50)74(59)67(83)73(52-29-11-4-12-30-52)54-32-18-22-48(42-54)47-21-17-31-53(41-47)72(51-27-9-3-10-28-51)66(82)70-44-56-38-40-60(62(70)64(79)80)75(56)68(84)76-57-33-15-13-19-45(57)35-36-46-20-14-16-34-58(46)76/h1-7,9-25,27-36,41-42,55-56,59-62H,8,26,37-40,43-44H2,(H,77,78)(H,79,80)/t55-,56-,59+,60+,61-,62-/m0/s1. The number of fused-ring (bicyclic) bond motifs is 6. The van der Waals surface area contributed by atoms with Crippen LogP contribution in [0.3, 0.4) is 0 Å². The van der Waals surface area contributed by atoms with Crippen molar-refractivity contribution in [3.05, 3.63) is 223 Å². The first-order valence-electron chi connectivity index (χ1n) is 28.5. The van der Waals surface area contributed by atoms with Gasteiger partial charge in [0.25, 0.3) is 0 Å². The van der Waals surface area contributed by atoms with Crippen LogP contribution in [0, 0.1) is 0 Å². The molecule has 4 saturated heterocycles. The minimum absolute atomic E-state index is 0.0134. The lowest BCUT2D eigenvalue weighted by molar-refractivity contribution is -0.146. The molecular weight excluding hydrogens is 1060 g/mol. The third kappa shape index (κ3) is 9.48. The predicted octanol–water partition coefficient (Wildman–Crippen LogP) is 13.4. The fraction of sp³-hybridized carbons (Fsp3) is 0.206. The van der Waals surface area contributed by atoms with Crippen LogP contribution in [0.4, 0.5) is 59.0 Å². The number of hydrogen-bond acceptors (Lipinski definition) is 6. The van der Waals surface area contributed by atoms with Crippen molar-refractivity contribution in [1.82, 2.24) is 19.6 Å². The molecule has 16 nitrogen and oxygen atoms in total. The van der Waals surface area contributed by atoms with Crippen LogP contribution in [-0.4, -0.2) is 115 Å². The summed E-state index contributed by atoms with van der Waals surface area (Å²) < 4.78 is 0. The normalized spacial score (nSPS) is 21.0. The van der Waals surface area contributed by atoms with Gasteiger partial charge in [-0.25, -0.2) is 28.8 Å². The first kappa shape index (κ1) is 53.1. The van der Waals surface area contributed by atoms with Crippen LogP contribution in [0.25, 0.3) is 23.3 Å². The van der Waals surface area contributed by atoms with Crippen LogP contribution < -0.4 is 19.6 Å². The van der Waals surface area contributed by atoms with E-state index in [1.165, 1.54) is 14.7 Å². The highest BCUT2D eigenvalue weighted by atomic mass is 16.4. The summed E-state index contributed by atoms with van der Waals surface area (Å²) in [5.74, 6) is -2.42. The number of carbonyl (C=O) groups is 6. The van der Waals surface area contributed by atoms with E-state index in [0.29, 0.717) is 83.0 Å². The van der Waals surface area contributed by atoms with Gasteiger partial charge in [-0.15, -0.1) is 0 Å². The van der Waals surface area contributed by atoms with Gasteiger partial charge < -0.3 is 29.8 Å². The Hall–Kier alpha value is -10.2. The SMILES string of the molecule is O=C(O)[C@@H]1[C@H]2CC[C@@H](CN1C(=O)N(C1=CC=CCC1)c1ccccc1)N2C(=O)N(c1ccccc1)c1cccc(-c2cccc(N(C(=O)N3C[C@@H]4CC[C@H]([C@H]3C(=O)O)N4C(=O)N3c4ccccc4C=Cc4ccccc43)c3ccccc3)c2)c1. The zero-order valence-electron chi connectivity index (χ0n) is 45.8. The maximum atomic E-state index is 15.6. The molecule has 6 aliphatic rings. The van der Waals surface area contributed by atoms with Gasteiger partial charge in [-0.1, -0.05) is 140 Å². The molecule has 2 N–H and O–H groups in total. The van der Waals surface area contributed by atoms with E-state index in [1.807, 2.05) is 200 Å². The number of anilines is 7. The van der Waals surface area contributed by atoms with Gasteiger partial charge in [0, 0.05) is 18.8 Å². The van der Waals surface area contributed by atoms with Crippen molar-refractivity contribution in [3.63, 3.8) is 0 Å². The molecule has 16 heteroatoms. The molecule has 5 heterocycles. The summed E-state index contributed by atoms with van der Waals surface area (Å²) in [6, 6.07) is 50.4. The lowest BCUT2D eigenvalue weighted by Gasteiger charge is -2.47. The van der Waals surface area contributed by atoms with Crippen molar-refractivity contribution in [2.24, 2.45) is 0 Å². The molecule has 4 bridgehead atoms. The second kappa shape index (κ2) is 22.3. The summed E-state index contributed by atoms with van der Waals surface area (Å²) in [7, 11) is 0. The first-order valence-corrected chi connectivity index (χ1v) is 28.5. The molecule has 1 aliphatic carbocycles. The number of likely N-dealkylation sites (tertiary alicyclic amines) is 2. The molecule has 4 fully saturated rings. The summed E-state index contributed by atoms with van der Waals surface area (Å²) in [6.45, 7) is -0.0101. The summed E-state index contributed by atoms with van der Waals surface area (Å²) in [4.78, 5) is 101. The van der Waals surface area contributed by atoms with E-state index in [9.17, 15) is 24.6 Å². The summed E-state index contributed by atoms with van der Waals surface area (Å²) in [6.07, 6.45) is 12.9. The second-order valence-electron chi connectivity index (χ2n) is 21.9. The van der Waals surface area contributed by atoms with E-state index < -0.39 is 66.3 Å². The molecule has 8 amide bonds. The first-order chi connectivity index (χ1) is 41.0. The number of rotatable bonds is 9. The zero-order valence-corrected chi connectivity index (χ0v) is 45.8. The number of amides is 8. The van der Waals surface area contributed by atoms with Gasteiger partial charge in [0.15, 0.2) is 12.1 Å². The monoisotopic (exact) mass is 1120 g/mol. The molecule has 84 heavy (non-hydrogen) atoms. The Morgan fingerprint density at radius 3 is 1.36 bits per heavy atom. The third-order valence-corrected chi connectivity index (χ3v) is 17.2. The predicted molar refractivity (Wildman–Crippen MR) is 324 cm³/mol. The Kier molecular flexibility index (Phi) is 14.1. The van der Waals surface area contributed by atoms with E-state index in [0.717, 1.165) is 23.2 Å². The lowest BCUT2D eigenvalue weighted by atomic mass is 10.0. The molecule has 0 radical (unpaired) electrons. The summed E-state index contributed by atoms with van der Waals surface area (Å²) in [5.41, 5.74) is 7.80. The summed E-state index contributed by atoms with van der Waals surface area (Å²) in [5, 5.41) is 22.3. The maximum Gasteiger partial charge on any atom is 0.329 e. The van der Waals surface area contributed by atoms with Gasteiger partial charge >= 0.3 is 36.1 Å². The molecule has 7 aromatic rings. The molecular formula is C68H60N8O8. The van der Waals surface area contributed by atoms with E-state index >= 15 is 14.4 Å². The Morgan fingerprint density at radius 1 is 0.440 bits per heavy atom. The summed E-state index contributed by atoms with van der Waals surface area (Å²) >= 11 is 0. The molecule has 0 spiro atoms. The van der Waals surface area contributed by atoms with Crippen LogP contribution in [0.2, 0.25) is 0 Å². The molecule has 0 saturated carbocycles. The molecule has 13 rings (SSSR count). The average molecular weight is 1120 g/mol. The number of carbonyl (C=O) groups excluding carboxylic acids is 4. The average Bonchev–Trinajstić information content (AvgIpc) is 1.80. The minimum Gasteiger partial charge on any atom is -0.480 e. The van der Waals surface area contributed by atoms with Crippen molar-refractivity contribution in [2.75, 3.05) is 32.7 Å². The number of hydrogen-bond donors (Lipinski definition) is 2. The largest absolute Gasteiger partial charge is 0.480 e. The van der Waals surface area contributed by atoms with E-state index in [4.69, 9.17) is 0 Å². The minimum atomic E-state index is -1.38. The lowest BCUT2D eigenvalue weighted by Crippen LogP contribution is -2.67. The number of benzene rings is 7. The van der Waals surface area contributed by atoms with Gasteiger partial charge in [0.05, 0.1) is 64.0 Å². The molecule has 5 aliphatic heterocycles. The van der Waals surface area contributed by atoms with Crippen molar-refractivity contribution in [1.29, 1.82) is 0 Å². The van der Waals surface area contributed by atoms with Gasteiger partial charge in [-0.05, 0) is 140 Å². The van der Waals surface area contributed by atoms with E-state index in [1.54, 1.807) is 42.7 Å². The number of piperazine rings is 2. The van der Waals surface area contributed by atoms with Crippen molar-refractivity contribution < 1.29 is 39.0 Å². The zero-order chi connectivity index (χ0) is 57.6. The maximum absolute atomic E-state index is 15.6. The molecule has 7 aromatic carbocycles. The van der Waals surface area contributed by atoms with Gasteiger partial charge in [0.1, 0.15) is 0 Å². The number of carboxylic acids is 2. The Morgan fingerprint density at radius 2 is 0.869 bits per heavy atom. The van der Waals surface area contributed by atoms with E-state index in [-0.39, 0.29) is 19.1 Å². The topological polar surface area (TPSA) is 169 Å². The van der Waals surface area contributed by atoms with Crippen LogP contribution >= 0.6 is 0 Å². The Bertz CT molecular complexity index is 3770. The molecule has 0 unspecified atom stereocenters. The Balaban J connectivity index is 0.806. The van der Waals surface area contributed by atoms with Crippen LogP contribution in [-0.2, 0) is 9.59 Å². The number of urea groups is 4. The highest BCUT2D eigenvalue weighted by Gasteiger charge is 2.56. The van der Waals surface area contributed by atoms with Crippen molar-refractivity contribution in [3.8, 4) is 11.1 Å². The highest BCUT2D eigenvalue weighted by Crippen LogP contribution is 2.45. The van der Waals surface area contributed by atoms with Gasteiger partial charge in [-0.2, -0.15) is 0 Å². The second-order valence-corrected chi connectivity index (χ2v) is 21.9. The quantitative estimate of drug-likeness (QED) is 0.144. The number of carboxylic acid groups (broad SMARTS) is 2. The molecule has 420 valence electrons. The van der Waals surface area contributed by atoms with Gasteiger partial charge in [-0.3, -0.25) is 19.6 Å². The smallest absolute Gasteiger partial charge is 0.329 e. The number of nitrogens with zero attached hydrogens (tertiary/aromatic N) is 8. The number of para-hydroxylation sites is 5. The highest BCUT2D eigenvalue weighted by molar-refractivity contribution is 6.08. The van der Waals surface area contributed by atoms with Crippen LogP contribution in [0.15, 0.2) is 212 Å². The van der Waals surface area contributed by atoms with Crippen molar-refractivity contribution in [2.45, 2.75) is 74.8 Å². The van der Waals surface area contributed by atoms with Gasteiger partial charge in [0.2, 0.25) is 0 Å². The molecule has 0 aromatic heterocycles. The third-order valence-electron chi connectivity index (χ3n) is 17.2. The van der Waals surface area contributed by atoms with Crippen molar-refractivity contribution >= 4 is 88.0 Å². The van der Waals surface area contributed by atoms with E-state index in [2.05, 4.69) is 0 Å². The van der Waals surface area contributed by atoms with Crippen LogP contribution in [0.5, 0.6) is 0 Å².